The van der Waals surface area contributed by atoms with Gasteiger partial charge in [0, 0.05) is 13.1 Å². The summed E-state index contributed by atoms with van der Waals surface area (Å²) in [6.45, 7) is -0.166. The second kappa shape index (κ2) is 5.44. The third-order valence-electron chi connectivity index (χ3n) is 2.86. The molecule has 2 N–H and O–H groups in total. The Labute approximate surface area is 103 Å². The first-order valence-corrected chi connectivity index (χ1v) is 5.49. The van der Waals surface area contributed by atoms with E-state index in [9.17, 15) is 18.0 Å². The zero-order chi connectivity index (χ0) is 13.8. The van der Waals surface area contributed by atoms with E-state index in [-0.39, 0.29) is 0 Å². The fraction of sp³-hybridized carbons (Fsp3) is 0.800. The fourth-order valence-corrected chi connectivity index (χ4v) is 1.71. The van der Waals surface area contributed by atoms with Gasteiger partial charge in [-0.25, -0.2) is 4.79 Å². The van der Waals surface area contributed by atoms with Crippen molar-refractivity contribution in [2.24, 2.45) is 0 Å². The van der Waals surface area contributed by atoms with Crippen molar-refractivity contribution in [3.63, 3.8) is 0 Å². The minimum absolute atomic E-state index is 0.402. The summed E-state index contributed by atoms with van der Waals surface area (Å²) in [7, 11) is 1.88. The number of piperidine rings is 1. The Morgan fingerprint density at radius 2 is 2.00 bits per heavy atom. The molecule has 1 saturated heterocycles. The lowest BCUT2D eigenvalue weighted by atomic mass is 9.89. The van der Waals surface area contributed by atoms with Gasteiger partial charge in [-0.2, -0.15) is 18.4 Å². The monoisotopic (exact) mass is 264 g/mol. The lowest BCUT2D eigenvalue weighted by Gasteiger charge is -2.35. The normalized spacial score (nSPS) is 19.9. The third kappa shape index (κ3) is 4.41. The predicted octanol–water partition coefficient (Wildman–Crippen LogP) is 0.836. The highest BCUT2D eigenvalue weighted by atomic mass is 19.4. The third-order valence-corrected chi connectivity index (χ3v) is 2.86. The second-order valence-corrected chi connectivity index (χ2v) is 4.42. The number of nitrogens with zero attached hydrogens (tertiary/aromatic N) is 2. The first-order valence-electron chi connectivity index (χ1n) is 5.49. The first kappa shape index (κ1) is 14.6. The van der Waals surface area contributed by atoms with Gasteiger partial charge in [0.2, 0.25) is 0 Å². The van der Waals surface area contributed by atoms with Crippen molar-refractivity contribution < 1.29 is 18.0 Å². The van der Waals surface area contributed by atoms with Gasteiger partial charge in [0.25, 0.3) is 0 Å². The number of nitriles is 1. The molecule has 8 heteroatoms. The summed E-state index contributed by atoms with van der Waals surface area (Å²) in [5.41, 5.74) is -1.07. The average molecular weight is 264 g/mol. The van der Waals surface area contributed by atoms with Gasteiger partial charge in [-0.3, -0.25) is 0 Å². The largest absolute Gasteiger partial charge is 0.405 e. The molecule has 1 rings (SSSR count). The van der Waals surface area contributed by atoms with Crippen LogP contribution in [-0.2, 0) is 0 Å². The number of amides is 2. The molecule has 0 aromatic rings. The zero-order valence-electron chi connectivity index (χ0n) is 9.97. The summed E-state index contributed by atoms with van der Waals surface area (Å²) >= 11 is 0. The molecular weight excluding hydrogens is 249 g/mol. The quantitative estimate of drug-likeness (QED) is 0.776. The Bertz CT molecular complexity index is 342. The van der Waals surface area contributed by atoms with Crippen molar-refractivity contribution in [3.05, 3.63) is 0 Å². The highest BCUT2D eigenvalue weighted by Gasteiger charge is 2.36. The van der Waals surface area contributed by atoms with Gasteiger partial charge in [0.1, 0.15) is 12.1 Å². The number of urea groups is 1. The van der Waals surface area contributed by atoms with Crippen molar-refractivity contribution in [3.8, 4) is 6.07 Å². The molecule has 0 aliphatic carbocycles. The molecule has 18 heavy (non-hydrogen) atoms. The number of carbonyl (C=O) groups excluding carboxylic acids is 1. The van der Waals surface area contributed by atoms with Gasteiger partial charge in [-0.1, -0.05) is 0 Å². The first-order chi connectivity index (χ1) is 8.26. The summed E-state index contributed by atoms with van der Waals surface area (Å²) in [6.07, 6.45) is -3.65. The van der Waals surface area contributed by atoms with E-state index in [1.54, 1.807) is 5.32 Å². The molecule has 1 heterocycles. The van der Waals surface area contributed by atoms with Gasteiger partial charge in [-0.05, 0) is 19.9 Å². The number of carbonyl (C=O) groups is 1. The zero-order valence-corrected chi connectivity index (χ0v) is 9.97. The maximum Gasteiger partial charge on any atom is 0.405 e. The second-order valence-electron chi connectivity index (χ2n) is 4.42. The van der Waals surface area contributed by atoms with Crippen molar-refractivity contribution in [2.75, 3.05) is 26.7 Å². The lowest BCUT2D eigenvalue weighted by Crippen LogP contribution is -2.57. The van der Waals surface area contributed by atoms with E-state index in [0.29, 0.717) is 25.9 Å². The molecule has 0 spiro atoms. The van der Waals surface area contributed by atoms with Crippen LogP contribution in [0.4, 0.5) is 18.0 Å². The van der Waals surface area contributed by atoms with E-state index in [0.717, 1.165) is 0 Å². The van der Waals surface area contributed by atoms with Gasteiger partial charge < -0.3 is 15.5 Å². The maximum atomic E-state index is 11.9. The van der Waals surface area contributed by atoms with E-state index in [1.165, 1.54) is 0 Å². The van der Waals surface area contributed by atoms with E-state index in [1.807, 2.05) is 18.0 Å². The van der Waals surface area contributed by atoms with Crippen molar-refractivity contribution in [1.29, 1.82) is 5.26 Å². The minimum Gasteiger partial charge on any atom is -0.329 e. The predicted molar refractivity (Wildman–Crippen MR) is 57.7 cm³/mol. The number of nitrogens with one attached hydrogen (secondary N) is 2. The van der Waals surface area contributed by atoms with Crippen molar-refractivity contribution >= 4 is 6.03 Å². The number of alkyl halides is 3. The number of likely N-dealkylation sites (tertiary alicyclic amines) is 1. The molecule has 0 saturated carbocycles. The number of hydrogen-bond donors (Lipinski definition) is 2. The summed E-state index contributed by atoms with van der Waals surface area (Å²) < 4.78 is 35.7. The van der Waals surface area contributed by atoms with Crippen LogP contribution in [0.3, 0.4) is 0 Å². The van der Waals surface area contributed by atoms with Crippen molar-refractivity contribution in [2.45, 2.75) is 24.6 Å². The number of halogens is 3. The Hall–Kier alpha value is -1.49. The van der Waals surface area contributed by atoms with Crippen LogP contribution < -0.4 is 10.6 Å². The van der Waals surface area contributed by atoms with E-state index >= 15 is 0 Å². The summed E-state index contributed by atoms with van der Waals surface area (Å²) in [5.74, 6) is 0. The molecular formula is C10H15F3N4O. The standard InChI is InChI=1S/C10H15F3N4O/c1-17-4-2-9(6-14,3-5-17)16-8(18)15-7-10(11,12)13/h2-5,7H2,1H3,(H2,15,16,18). The molecule has 1 aliphatic heterocycles. The Morgan fingerprint density at radius 1 is 1.44 bits per heavy atom. The Morgan fingerprint density at radius 3 is 2.44 bits per heavy atom. The van der Waals surface area contributed by atoms with Crippen LogP contribution >= 0.6 is 0 Å². The molecule has 0 aromatic carbocycles. The summed E-state index contributed by atoms with van der Waals surface area (Å²) in [5, 5.41) is 13.1. The lowest BCUT2D eigenvalue weighted by molar-refractivity contribution is -0.122. The Kier molecular flexibility index (Phi) is 4.40. The van der Waals surface area contributed by atoms with Gasteiger partial charge in [0.05, 0.1) is 6.07 Å². The smallest absolute Gasteiger partial charge is 0.329 e. The van der Waals surface area contributed by atoms with Crippen LogP contribution in [-0.4, -0.2) is 49.3 Å². The molecule has 1 aliphatic rings. The van der Waals surface area contributed by atoms with Crippen LogP contribution in [0, 0.1) is 11.3 Å². The topological polar surface area (TPSA) is 68.2 Å². The average Bonchev–Trinajstić information content (AvgIpc) is 2.29. The number of hydrogen-bond acceptors (Lipinski definition) is 3. The minimum atomic E-state index is -4.45. The molecule has 0 atom stereocenters. The van der Waals surface area contributed by atoms with Crippen molar-refractivity contribution in [1.82, 2.24) is 15.5 Å². The van der Waals surface area contributed by atoms with Gasteiger partial charge in [0.15, 0.2) is 0 Å². The summed E-state index contributed by atoms with van der Waals surface area (Å²) in [6, 6.07) is 1.03. The molecule has 0 bridgehead atoms. The summed E-state index contributed by atoms with van der Waals surface area (Å²) in [4.78, 5) is 13.3. The Balaban J connectivity index is 2.49. The van der Waals surface area contributed by atoms with Gasteiger partial charge in [-0.15, -0.1) is 0 Å². The molecule has 0 aromatic heterocycles. The maximum absolute atomic E-state index is 11.9. The molecule has 1 fully saturated rings. The van der Waals surface area contributed by atoms with E-state index < -0.39 is 24.3 Å². The van der Waals surface area contributed by atoms with Crippen LogP contribution in [0.5, 0.6) is 0 Å². The van der Waals surface area contributed by atoms with Crippen LogP contribution in [0.2, 0.25) is 0 Å². The molecule has 2 amide bonds. The SMILES string of the molecule is CN1CCC(C#N)(NC(=O)NCC(F)(F)F)CC1. The molecule has 0 unspecified atom stereocenters. The molecule has 5 nitrogen and oxygen atoms in total. The van der Waals surface area contributed by atoms with Crippen LogP contribution in [0.25, 0.3) is 0 Å². The van der Waals surface area contributed by atoms with Gasteiger partial charge >= 0.3 is 12.2 Å². The van der Waals surface area contributed by atoms with Crippen LogP contribution in [0.15, 0.2) is 0 Å². The molecule has 102 valence electrons. The highest BCUT2D eigenvalue weighted by molar-refractivity contribution is 5.75. The van der Waals surface area contributed by atoms with Crippen LogP contribution in [0.1, 0.15) is 12.8 Å². The highest BCUT2D eigenvalue weighted by Crippen LogP contribution is 2.20. The van der Waals surface area contributed by atoms with E-state index in [2.05, 4.69) is 5.32 Å². The fourth-order valence-electron chi connectivity index (χ4n) is 1.71. The number of rotatable bonds is 2. The molecule has 0 radical (unpaired) electrons. The van der Waals surface area contributed by atoms with E-state index in [4.69, 9.17) is 5.26 Å².